The molecule has 0 aromatic heterocycles. The lowest BCUT2D eigenvalue weighted by Crippen LogP contribution is -2.17. The first-order valence-electron chi connectivity index (χ1n) is 10.4. The topological polar surface area (TPSA) is 95.5 Å². The second-order valence-electron chi connectivity index (χ2n) is 6.96. The Morgan fingerprint density at radius 3 is 2.31 bits per heavy atom. The van der Waals surface area contributed by atoms with E-state index in [2.05, 4.69) is 33.0 Å². The van der Waals surface area contributed by atoms with E-state index >= 15 is 0 Å². The average Bonchev–Trinajstić information content (AvgIpc) is 2.88. The Balaban J connectivity index is 1.70. The summed E-state index contributed by atoms with van der Waals surface area (Å²) in [5, 5.41) is 4.00. The Morgan fingerprint density at radius 2 is 1.63 bits per heavy atom. The number of benzene rings is 3. The molecule has 0 spiro atoms. The number of esters is 1. The van der Waals surface area contributed by atoms with Crippen molar-refractivity contribution in [1.29, 1.82) is 0 Å². The van der Waals surface area contributed by atoms with Gasteiger partial charge in [-0.25, -0.2) is 10.2 Å². The van der Waals surface area contributed by atoms with Crippen LogP contribution in [0, 0.1) is 0 Å². The third-order valence-electron chi connectivity index (χ3n) is 4.65. The van der Waals surface area contributed by atoms with Gasteiger partial charge < -0.3 is 18.9 Å². The molecule has 180 valence electrons. The Bertz CT molecular complexity index is 1240. The van der Waals surface area contributed by atoms with Crippen LogP contribution >= 0.6 is 15.9 Å². The van der Waals surface area contributed by atoms with Crippen molar-refractivity contribution in [2.45, 2.75) is 0 Å². The van der Waals surface area contributed by atoms with E-state index in [1.165, 1.54) is 26.5 Å². The quantitative estimate of drug-likeness (QED) is 0.128. The molecule has 0 radical (unpaired) electrons. The van der Waals surface area contributed by atoms with E-state index in [0.717, 1.165) is 4.47 Å². The van der Waals surface area contributed by atoms with Crippen LogP contribution in [0.3, 0.4) is 0 Å². The van der Waals surface area contributed by atoms with Crippen molar-refractivity contribution in [3.8, 4) is 23.0 Å². The van der Waals surface area contributed by atoms with E-state index in [0.29, 0.717) is 35.0 Å². The van der Waals surface area contributed by atoms with Crippen molar-refractivity contribution in [2.24, 2.45) is 5.10 Å². The summed E-state index contributed by atoms with van der Waals surface area (Å²) in [5.74, 6) is 0.786. The molecule has 0 aliphatic heterocycles. The maximum absolute atomic E-state index is 12.7. The molecule has 9 heteroatoms. The smallest absolute Gasteiger partial charge is 0.343 e. The highest BCUT2D eigenvalue weighted by atomic mass is 79.9. The van der Waals surface area contributed by atoms with E-state index < -0.39 is 11.9 Å². The van der Waals surface area contributed by atoms with Crippen LogP contribution in [-0.4, -0.2) is 38.9 Å². The number of hydrogen-bond donors (Lipinski definition) is 1. The van der Waals surface area contributed by atoms with Gasteiger partial charge in [-0.15, -0.1) is 0 Å². The molecule has 0 saturated heterocycles. The number of methoxy groups -OCH3 is 2. The molecule has 3 aromatic carbocycles. The molecule has 0 saturated carbocycles. The van der Waals surface area contributed by atoms with E-state index in [1.54, 1.807) is 60.7 Å². The van der Waals surface area contributed by atoms with E-state index in [1.807, 2.05) is 0 Å². The normalized spacial score (nSPS) is 10.5. The van der Waals surface area contributed by atoms with Gasteiger partial charge in [0.2, 0.25) is 0 Å². The first kappa shape index (κ1) is 25.5. The SMILES string of the molecule is C=CCOc1ccc(C(=O)NN=Cc2cc(Br)ccc2OC(=O)c2ccc(OC)c(OC)c2)cc1. The molecule has 35 heavy (non-hydrogen) atoms. The summed E-state index contributed by atoms with van der Waals surface area (Å²) in [7, 11) is 2.99. The van der Waals surface area contributed by atoms with Gasteiger partial charge in [0.1, 0.15) is 18.1 Å². The van der Waals surface area contributed by atoms with Crippen LogP contribution in [-0.2, 0) is 0 Å². The molecular weight excluding hydrogens is 516 g/mol. The van der Waals surface area contributed by atoms with Crippen molar-refractivity contribution in [2.75, 3.05) is 20.8 Å². The fraction of sp³-hybridized carbons (Fsp3) is 0.115. The van der Waals surface area contributed by atoms with Crippen molar-refractivity contribution < 1.29 is 28.5 Å². The minimum atomic E-state index is -0.592. The summed E-state index contributed by atoms with van der Waals surface area (Å²) in [4.78, 5) is 25.1. The number of carbonyl (C=O) groups excluding carboxylic acids is 2. The van der Waals surface area contributed by atoms with Crippen LogP contribution in [0.2, 0.25) is 0 Å². The number of amides is 1. The van der Waals surface area contributed by atoms with Crippen LogP contribution in [0.15, 0.2) is 82.9 Å². The molecule has 0 bridgehead atoms. The molecule has 0 atom stereocenters. The molecule has 8 nitrogen and oxygen atoms in total. The largest absolute Gasteiger partial charge is 0.493 e. The molecule has 0 aliphatic carbocycles. The fourth-order valence-electron chi connectivity index (χ4n) is 2.92. The second kappa shape index (κ2) is 12.4. The molecule has 0 fully saturated rings. The van der Waals surface area contributed by atoms with Crippen LogP contribution in [0.25, 0.3) is 0 Å². The minimum absolute atomic E-state index is 0.259. The summed E-state index contributed by atoms with van der Waals surface area (Å²) < 4.78 is 22.1. The zero-order valence-electron chi connectivity index (χ0n) is 19.1. The lowest BCUT2D eigenvalue weighted by Gasteiger charge is -2.11. The first-order valence-corrected chi connectivity index (χ1v) is 11.2. The number of hydrogen-bond acceptors (Lipinski definition) is 7. The van der Waals surface area contributed by atoms with Gasteiger partial charge in [0.25, 0.3) is 5.91 Å². The molecule has 3 aromatic rings. The lowest BCUT2D eigenvalue weighted by atomic mass is 10.2. The maximum Gasteiger partial charge on any atom is 0.343 e. The first-order chi connectivity index (χ1) is 16.9. The second-order valence-corrected chi connectivity index (χ2v) is 7.88. The minimum Gasteiger partial charge on any atom is -0.493 e. The van der Waals surface area contributed by atoms with Gasteiger partial charge in [-0.05, 0) is 60.7 Å². The molecule has 0 unspecified atom stereocenters. The highest BCUT2D eigenvalue weighted by molar-refractivity contribution is 9.10. The summed E-state index contributed by atoms with van der Waals surface area (Å²) >= 11 is 3.39. The number of carbonyl (C=O) groups is 2. The molecule has 1 amide bonds. The monoisotopic (exact) mass is 538 g/mol. The number of nitrogens with zero attached hydrogens (tertiary/aromatic N) is 1. The Labute approximate surface area is 211 Å². The number of nitrogens with one attached hydrogen (secondary N) is 1. The lowest BCUT2D eigenvalue weighted by molar-refractivity contribution is 0.0733. The van der Waals surface area contributed by atoms with Gasteiger partial charge >= 0.3 is 5.97 Å². The summed E-state index contributed by atoms with van der Waals surface area (Å²) in [6, 6.07) is 16.4. The Morgan fingerprint density at radius 1 is 0.943 bits per heavy atom. The predicted molar refractivity (Wildman–Crippen MR) is 136 cm³/mol. The van der Waals surface area contributed by atoms with Gasteiger partial charge in [-0.2, -0.15) is 5.10 Å². The summed E-state index contributed by atoms with van der Waals surface area (Å²) in [5.41, 5.74) is 3.62. The Hall–Kier alpha value is -4.11. The van der Waals surface area contributed by atoms with E-state index in [4.69, 9.17) is 18.9 Å². The van der Waals surface area contributed by atoms with Crippen LogP contribution in [0.5, 0.6) is 23.0 Å². The van der Waals surface area contributed by atoms with Crippen molar-refractivity contribution in [1.82, 2.24) is 5.43 Å². The fourth-order valence-corrected chi connectivity index (χ4v) is 3.30. The summed E-state index contributed by atoms with van der Waals surface area (Å²) in [6.45, 7) is 3.97. The average molecular weight is 539 g/mol. The molecule has 0 heterocycles. The highest BCUT2D eigenvalue weighted by Gasteiger charge is 2.15. The van der Waals surface area contributed by atoms with Crippen molar-refractivity contribution >= 4 is 34.0 Å². The highest BCUT2D eigenvalue weighted by Crippen LogP contribution is 2.29. The van der Waals surface area contributed by atoms with Gasteiger partial charge in [0.15, 0.2) is 11.5 Å². The van der Waals surface area contributed by atoms with Crippen molar-refractivity contribution in [3.05, 3.63) is 94.5 Å². The van der Waals surface area contributed by atoms with Gasteiger partial charge in [-0.1, -0.05) is 28.6 Å². The zero-order valence-corrected chi connectivity index (χ0v) is 20.7. The molecule has 1 N–H and O–H groups in total. The van der Waals surface area contributed by atoms with Crippen molar-refractivity contribution in [3.63, 3.8) is 0 Å². The molecular formula is C26H23BrN2O6. The van der Waals surface area contributed by atoms with Crippen LogP contribution in [0.4, 0.5) is 0 Å². The standard InChI is InChI=1S/C26H23BrN2O6/c1-4-13-34-21-9-5-17(6-10-21)25(30)29-28-16-19-14-20(27)8-12-22(19)35-26(31)18-7-11-23(32-2)24(15-18)33-3/h4-12,14-16H,1,13H2,2-3H3,(H,29,30). The summed E-state index contributed by atoms with van der Waals surface area (Å²) in [6.07, 6.45) is 3.03. The number of halogens is 1. The number of ether oxygens (including phenoxy) is 4. The Kier molecular flexibility index (Phi) is 9.02. The number of rotatable bonds is 10. The van der Waals surface area contributed by atoms with Gasteiger partial charge in [-0.3, -0.25) is 4.79 Å². The van der Waals surface area contributed by atoms with Gasteiger partial charge in [0.05, 0.1) is 26.0 Å². The number of hydrazone groups is 1. The molecule has 0 aliphatic rings. The predicted octanol–water partition coefficient (Wildman–Crippen LogP) is 5.01. The van der Waals surface area contributed by atoms with Crippen LogP contribution < -0.4 is 24.4 Å². The van der Waals surface area contributed by atoms with E-state index in [-0.39, 0.29) is 11.3 Å². The third-order valence-corrected chi connectivity index (χ3v) is 5.14. The van der Waals surface area contributed by atoms with E-state index in [9.17, 15) is 9.59 Å². The van der Waals surface area contributed by atoms with Crippen LogP contribution in [0.1, 0.15) is 26.3 Å². The third kappa shape index (κ3) is 6.94. The maximum atomic E-state index is 12.7. The van der Waals surface area contributed by atoms with Gasteiger partial charge in [0, 0.05) is 15.6 Å². The molecule has 3 rings (SSSR count). The zero-order chi connectivity index (χ0) is 25.2.